The summed E-state index contributed by atoms with van der Waals surface area (Å²) in [4.78, 5) is 5.03. The SMILES string of the molecule is CC1CNCCN1c1cccc2c1CCC(N(Cc1ccccc1)Cc1ccccc1)O2. The van der Waals surface area contributed by atoms with E-state index in [1.165, 1.54) is 22.4 Å². The minimum Gasteiger partial charge on any atom is -0.475 e. The van der Waals surface area contributed by atoms with Gasteiger partial charge in [-0.2, -0.15) is 0 Å². The average molecular weight is 428 g/mol. The molecule has 2 unspecified atom stereocenters. The first-order chi connectivity index (χ1) is 15.8. The molecule has 0 radical (unpaired) electrons. The third kappa shape index (κ3) is 4.67. The number of fused-ring (bicyclic) bond motifs is 1. The van der Waals surface area contributed by atoms with Crippen molar-refractivity contribution in [2.75, 3.05) is 24.5 Å². The molecule has 1 N–H and O–H groups in total. The van der Waals surface area contributed by atoms with E-state index in [-0.39, 0.29) is 6.23 Å². The van der Waals surface area contributed by atoms with Crippen LogP contribution in [-0.4, -0.2) is 36.8 Å². The summed E-state index contributed by atoms with van der Waals surface area (Å²) < 4.78 is 6.69. The van der Waals surface area contributed by atoms with Gasteiger partial charge in [0.1, 0.15) is 5.75 Å². The number of hydrogen-bond acceptors (Lipinski definition) is 4. The van der Waals surface area contributed by atoms with Crippen LogP contribution in [0.5, 0.6) is 5.75 Å². The van der Waals surface area contributed by atoms with E-state index >= 15 is 0 Å². The lowest BCUT2D eigenvalue weighted by atomic mass is 9.99. The van der Waals surface area contributed by atoms with Crippen LogP contribution in [0.4, 0.5) is 5.69 Å². The third-order valence-electron chi connectivity index (χ3n) is 6.69. The summed E-state index contributed by atoms with van der Waals surface area (Å²) in [7, 11) is 0. The van der Waals surface area contributed by atoms with E-state index in [2.05, 4.69) is 101 Å². The standard InChI is InChI=1S/C28H33N3O/c1-22-19-29-17-18-31(22)26-13-8-14-27-25(26)15-16-28(32-27)30(20-23-9-4-2-5-10-23)21-24-11-6-3-7-12-24/h2-14,22,28-29H,15-21H2,1H3. The minimum atomic E-state index is 0.0682. The first-order valence-electron chi connectivity index (χ1n) is 11.9. The van der Waals surface area contributed by atoms with Crippen molar-refractivity contribution in [1.82, 2.24) is 10.2 Å². The van der Waals surface area contributed by atoms with Gasteiger partial charge in [-0.3, -0.25) is 4.90 Å². The highest BCUT2D eigenvalue weighted by Gasteiger charge is 2.29. The van der Waals surface area contributed by atoms with Crippen molar-refractivity contribution in [1.29, 1.82) is 0 Å². The van der Waals surface area contributed by atoms with Gasteiger partial charge in [0.25, 0.3) is 0 Å². The lowest BCUT2D eigenvalue weighted by Gasteiger charge is -2.40. The lowest BCUT2D eigenvalue weighted by Crippen LogP contribution is -2.50. The molecule has 0 saturated carbocycles. The lowest BCUT2D eigenvalue weighted by molar-refractivity contribution is -0.00219. The maximum Gasteiger partial charge on any atom is 0.153 e. The van der Waals surface area contributed by atoms with E-state index in [1.807, 2.05) is 0 Å². The molecule has 0 spiro atoms. The van der Waals surface area contributed by atoms with Crippen molar-refractivity contribution >= 4 is 5.69 Å². The smallest absolute Gasteiger partial charge is 0.153 e. The van der Waals surface area contributed by atoms with E-state index in [0.29, 0.717) is 6.04 Å². The summed E-state index contributed by atoms with van der Waals surface area (Å²) in [6, 6.07) is 28.5. The van der Waals surface area contributed by atoms with Crippen LogP contribution in [0.1, 0.15) is 30.0 Å². The highest BCUT2D eigenvalue weighted by atomic mass is 16.5. The summed E-state index contributed by atoms with van der Waals surface area (Å²) in [5, 5.41) is 3.50. The second-order valence-electron chi connectivity index (χ2n) is 8.99. The fraction of sp³-hybridized carbons (Fsp3) is 0.357. The Morgan fingerprint density at radius 1 is 0.906 bits per heavy atom. The van der Waals surface area contributed by atoms with E-state index in [1.54, 1.807) is 0 Å². The molecule has 2 heterocycles. The largest absolute Gasteiger partial charge is 0.475 e. The van der Waals surface area contributed by atoms with Crippen LogP contribution in [0, 0.1) is 0 Å². The number of nitrogens with one attached hydrogen (secondary N) is 1. The molecule has 0 bridgehead atoms. The predicted molar refractivity (Wildman–Crippen MR) is 131 cm³/mol. The zero-order valence-corrected chi connectivity index (χ0v) is 18.9. The van der Waals surface area contributed by atoms with Gasteiger partial charge >= 0.3 is 0 Å². The zero-order valence-electron chi connectivity index (χ0n) is 18.9. The van der Waals surface area contributed by atoms with Gasteiger partial charge in [-0.15, -0.1) is 0 Å². The summed E-state index contributed by atoms with van der Waals surface area (Å²) >= 11 is 0. The van der Waals surface area contributed by atoms with E-state index in [4.69, 9.17) is 4.74 Å². The van der Waals surface area contributed by atoms with Crippen LogP contribution in [-0.2, 0) is 19.5 Å². The maximum atomic E-state index is 6.69. The van der Waals surface area contributed by atoms with Crippen LogP contribution >= 0.6 is 0 Å². The first-order valence-corrected chi connectivity index (χ1v) is 11.9. The van der Waals surface area contributed by atoms with E-state index in [0.717, 1.165) is 51.3 Å². The number of hydrogen-bond donors (Lipinski definition) is 1. The molecule has 3 aromatic carbocycles. The monoisotopic (exact) mass is 427 g/mol. The molecule has 4 nitrogen and oxygen atoms in total. The number of rotatable bonds is 6. The van der Waals surface area contributed by atoms with Crippen molar-refractivity contribution < 1.29 is 4.74 Å². The first kappa shape index (κ1) is 21.0. The number of nitrogens with zero attached hydrogens (tertiary/aromatic N) is 2. The molecule has 2 aliphatic heterocycles. The summed E-state index contributed by atoms with van der Waals surface area (Å²) in [5.74, 6) is 1.05. The molecule has 1 fully saturated rings. The van der Waals surface area contributed by atoms with Gasteiger partial charge in [-0.05, 0) is 36.6 Å². The van der Waals surface area contributed by atoms with Crippen LogP contribution in [0.3, 0.4) is 0 Å². The quantitative estimate of drug-likeness (QED) is 0.609. The Labute approximate surface area is 191 Å². The van der Waals surface area contributed by atoms with Crippen molar-refractivity contribution in [3.8, 4) is 5.75 Å². The Morgan fingerprint density at radius 2 is 1.59 bits per heavy atom. The fourth-order valence-electron chi connectivity index (χ4n) is 5.01. The van der Waals surface area contributed by atoms with Gasteiger partial charge in [-0.25, -0.2) is 0 Å². The molecular weight excluding hydrogens is 394 g/mol. The van der Waals surface area contributed by atoms with Gasteiger partial charge in [-0.1, -0.05) is 66.7 Å². The Kier molecular flexibility index (Phi) is 6.42. The number of anilines is 1. The van der Waals surface area contributed by atoms with Crippen LogP contribution in [0.25, 0.3) is 0 Å². The molecule has 0 aromatic heterocycles. The molecule has 2 atom stereocenters. The van der Waals surface area contributed by atoms with Crippen molar-refractivity contribution in [3.05, 3.63) is 95.6 Å². The molecule has 1 saturated heterocycles. The summed E-state index contributed by atoms with van der Waals surface area (Å²) in [6.07, 6.45) is 2.12. The highest BCUT2D eigenvalue weighted by molar-refractivity contribution is 5.61. The molecule has 3 aromatic rings. The summed E-state index contributed by atoms with van der Waals surface area (Å²) in [5.41, 5.74) is 5.37. The van der Waals surface area contributed by atoms with Gasteiger partial charge in [0, 0.05) is 56.4 Å². The average Bonchev–Trinajstić information content (AvgIpc) is 2.85. The van der Waals surface area contributed by atoms with Gasteiger partial charge in [0.05, 0.1) is 0 Å². The molecule has 166 valence electrons. The van der Waals surface area contributed by atoms with Crippen molar-refractivity contribution in [3.63, 3.8) is 0 Å². The van der Waals surface area contributed by atoms with Gasteiger partial charge in [0.2, 0.25) is 0 Å². The predicted octanol–water partition coefficient (Wildman–Crippen LogP) is 4.84. The number of ether oxygens (including phenoxy) is 1. The van der Waals surface area contributed by atoms with Gasteiger partial charge in [0.15, 0.2) is 6.23 Å². The van der Waals surface area contributed by atoms with Gasteiger partial charge < -0.3 is 15.0 Å². The molecule has 0 amide bonds. The van der Waals surface area contributed by atoms with Crippen LogP contribution < -0.4 is 15.0 Å². The summed E-state index contributed by atoms with van der Waals surface area (Å²) in [6.45, 7) is 7.19. The number of piperazine rings is 1. The molecule has 4 heteroatoms. The Balaban J connectivity index is 1.39. The molecule has 5 rings (SSSR count). The van der Waals surface area contributed by atoms with Crippen molar-refractivity contribution in [2.24, 2.45) is 0 Å². The fourth-order valence-corrected chi connectivity index (χ4v) is 5.01. The highest BCUT2D eigenvalue weighted by Crippen LogP contribution is 2.37. The Bertz CT molecular complexity index is 966. The third-order valence-corrected chi connectivity index (χ3v) is 6.69. The molecule has 0 aliphatic carbocycles. The zero-order chi connectivity index (χ0) is 21.8. The van der Waals surface area contributed by atoms with Crippen molar-refractivity contribution in [2.45, 2.75) is 45.1 Å². The molecule has 32 heavy (non-hydrogen) atoms. The molecular formula is C28H33N3O. The number of benzene rings is 3. The normalized spacial score (nSPS) is 20.6. The second kappa shape index (κ2) is 9.76. The van der Waals surface area contributed by atoms with E-state index in [9.17, 15) is 0 Å². The molecule has 2 aliphatic rings. The Morgan fingerprint density at radius 3 is 2.25 bits per heavy atom. The minimum absolute atomic E-state index is 0.0682. The van der Waals surface area contributed by atoms with Crippen LogP contribution in [0.15, 0.2) is 78.9 Å². The van der Waals surface area contributed by atoms with Crippen LogP contribution in [0.2, 0.25) is 0 Å². The van der Waals surface area contributed by atoms with E-state index < -0.39 is 0 Å². The Hall–Kier alpha value is -2.82. The maximum absolute atomic E-state index is 6.69. The second-order valence-corrected chi connectivity index (χ2v) is 8.99. The topological polar surface area (TPSA) is 27.7 Å².